The van der Waals surface area contributed by atoms with E-state index in [0.29, 0.717) is 15.6 Å². The van der Waals surface area contributed by atoms with Crippen molar-refractivity contribution in [3.05, 3.63) is 64.1 Å². The van der Waals surface area contributed by atoms with E-state index in [1.165, 1.54) is 31.4 Å². The molecule has 2 aromatic carbocycles. The molecular weight excluding hydrogens is 399 g/mol. The lowest BCUT2D eigenvalue weighted by molar-refractivity contribution is -0.145. The summed E-state index contributed by atoms with van der Waals surface area (Å²) in [5.74, 6) is -1.98. The number of sulfone groups is 1. The van der Waals surface area contributed by atoms with Crippen LogP contribution >= 0.6 is 23.2 Å². The third-order valence-electron chi connectivity index (χ3n) is 4.72. The number of benzene rings is 2. The minimum Gasteiger partial charge on any atom is -0.481 e. The van der Waals surface area contributed by atoms with Crippen molar-refractivity contribution in [2.75, 3.05) is 13.7 Å². The Labute approximate surface area is 161 Å². The summed E-state index contributed by atoms with van der Waals surface area (Å²) in [6.07, 6.45) is 0. The standard InChI is InChI=1S/C18H16Cl2O5S/c1-25-10-18(17(21)22)15(11-3-2-4-13(20)9-11)16(18)26(23,24)14-7-5-12(19)6-8-14/h2-9,15-16H,10H2,1H3,(H,21,22)/t15-,16+,18+/m1/s1. The second-order valence-electron chi connectivity index (χ2n) is 6.23. The first-order valence-corrected chi connectivity index (χ1v) is 10.0. The van der Waals surface area contributed by atoms with Crippen LogP contribution in [0.15, 0.2) is 53.4 Å². The van der Waals surface area contributed by atoms with Crippen molar-refractivity contribution in [1.82, 2.24) is 0 Å². The van der Waals surface area contributed by atoms with Gasteiger partial charge in [-0.2, -0.15) is 0 Å². The van der Waals surface area contributed by atoms with Gasteiger partial charge in [-0.3, -0.25) is 4.79 Å². The Bertz CT molecular complexity index is 942. The van der Waals surface area contributed by atoms with Crippen LogP contribution in [0.1, 0.15) is 11.5 Å². The normalized spacial score (nSPS) is 25.0. The van der Waals surface area contributed by atoms with Gasteiger partial charge in [-0.05, 0) is 42.0 Å². The number of aliphatic carboxylic acids is 1. The highest BCUT2D eigenvalue weighted by molar-refractivity contribution is 7.92. The molecule has 1 saturated carbocycles. The van der Waals surface area contributed by atoms with Crippen LogP contribution in [0.4, 0.5) is 0 Å². The molecule has 0 radical (unpaired) electrons. The van der Waals surface area contributed by atoms with Crippen molar-refractivity contribution < 1.29 is 23.1 Å². The number of hydrogen-bond donors (Lipinski definition) is 1. The van der Waals surface area contributed by atoms with Crippen molar-refractivity contribution in [3.8, 4) is 0 Å². The minimum absolute atomic E-state index is 0.0261. The van der Waals surface area contributed by atoms with Gasteiger partial charge in [-0.25, -0.2) is 8.42 Å². The van der Waals surface area contributed by atoms with Crippen LogP contribution in [0.5, 0.6) is 0 Å². The van der Waals surface area contributed by atoms with Gasteiger partial charge in [0.05, 0.1) is 16.8 Å². The maximum absolute atomic E-state index is 13.2. The third kappa shape index (κ3) is 3.01. The van der Waals surface area contributed by atoms with Crippen LogP contribution in [0.3, 0.4) is 0 Å². The quantitative estimate of drug-likeness (QED) is 0.779. The average Bonchev–Trinajstić information content (AvgIpc) is 3.27. The highest BCUT2D eigenvalue weighted by Crippen LogP contribution is 2.64. The molecule has 0 spiro atoms. The van der Waals surface area contributed by atoms with Crippen molar-refractivity contribution >= 4 is 39.0 Å². The third-order valence-corrected chi connectivity index (χ3v) is 7.50. The van der Waals surface area contributed by atoms with E-state index < -0.39 is 32.4 Å². The highest BCUT2D eigenvalue weighted by Gasteiger charge is 2.76. The smallest absolute Gasteiger partial charge is 0.314 e. The zero-order valence-corrected chi connectivity index (χ0v) is 16.1. The van der Waals surface area contributed by atoms with E-state index >= 15 is 0 Å². The molecule has 1 fully saturated rings. The van der Waals surface area contributed by atoms with E-state index in [9.17, 15) is 18.3 Å². The molecule has 1 aliphatic carbocycles. The molecule has 0 aromatic heterocycles. The molecule has 0 heterocycles. The molecule has 138 valence electrons. The molecule has 0 saturated heterocycles. The maximum Gasteiger partial charge on any atom is 0.314 e. The molecular formula is C18H16Cl2O5S. The van der Waals surface area contributed by atoms with Gasteiger partial charge in [0, 0.05) is 23.1 Å². The molecule has 0 amide bonds. The molecule has 1 N–H and O–H groups in total. The lowest BCUT2D eigenvalue weighted by Gasteiger charge is -2.12. The molecule has 5 nitrogen and oxygen atoms in total. The van der Waals surface area contributed by atoms with Crippen molar-refractivity contribution in [3.63, 3.8) is 0 Å². The first-order valence-electron chi connectivity index (χ1n) is 7.72. The zero-order chi connectivity index (χ0) is 19.1. The van der Waals surface area contributed by atoms with E-state index in [2.05, 4.69) is 0 Å². The van der Waals surface area contributed by atoms with Crippen LogP contribution in [0.2, 0.25) is 10.0 Å². The van der Waals surface area contributed by atoms with E-state index in [4.69, 9.17) is 27.9 Å². The Morgan fingerprint density at radius 3 is 2.35 bits per heavy atom. The summed E-state index contributed by atoms with van der Waals surface area (Å²) >= 11 is 11.9. The number of hydrogen-bond acceptors (Lipinski definition) is 4. The highest BCUT2D eigenvalue weighted by atomic mass is 35.5. The van der Waals surface area contributed by atoms with Gasteiger partial charge in [-0.15, -0.1) is 0 Å². The fourth-order valence-corrected chi connectivity index (χ4v) is 6.21. The number of carboxylic acids is 1. The first-order chi connectivity index (χ1) is 12.2. The van der Waals surface area contributed by atoms with Crippen LogP contribution in [0, 0.1) is 5.41 Å². The molecule has 0 aliphatic heterocycles. The molecule has 3 atom stereocenters. The Balaban J connectivity index is 2.13. The summed E-state index contributed by atoms with van der Waals surface area (Å²) in [6.45, 7) is -0.225. The molecule has 2 aromatic rings. The molecule has 26 heavy (non-hydrogen) atoms. The summed E-state index contributed by atoms with van der Waals surface area (Å²) in [6, 6.07) is 12.3. The largest absolute Gasteiger partial charge is 0.481 e. The van der Waals surface area contributed by atoms with E-state index in [-0.39, 0.29) is 11.5 Å². The predicted octanol–water partition coefficient (Wildman–Crippen LogP) is 3.65. The number of carbonyl (C=O) groups is 1. The van der Waals surface area contributed by atoms with Crippen LogP contribution in [-0.4, -0.2) is 38.5 Å². The Morgan fingerprint density at radius 1 is 1.15 bits per heavy atom. The van der Waals surface area contributed by atoms with Crippen LogP contribution < -0.4 is 0 Å². The van der Waals surface area contributed by atoms with Gasteiger partial charge < -0.3 is 9.84 Å². The van der Waals surface area contributed by atoms with E-state index in [1.54, 1.807) is 24.3 Å². The minimum atomic E-state index is -3.93. The Kier molecular flexibility index (Phi) is 5.05. The second-order valence-corrected chi connectivity index (χ2v) is 9.17. The van der Waals surface area contributed by atoms with Crippen molar-refractivity contribution in [2.45, 2.75) is 16.1 Å². The fraction of sp³-hybridized carbons (Fsp3) is 0.278. The summed E-state index contributed by atoms with van der Waals surface area (Å²) in [7, 11) is -2.58. The summed E-state index contributed by atoms with van der Waals surface area (Å²) in [5, 5.41) is 9.51. The van der Waals surface area contributed by atoms with Gasteiger partial charge in [0.15, 0.2) is 9.84 Å². The number of halogens is 2. The van der Waals surface area contributed by atoms with Gasteiger partial charge >= 0.3 is 5.97 Å². The van der Waals surface area contributed by atoms with Crippen molar-refractivity contribution in [2.24, 2.45) is 5.41 Å². The van der Waals surface area contributed by atoms with Crippen molar-refractivity contribution in [1.29, 1.82) is 0 Å². The van der Waals surface area contributed by atoms with Gasteiger partial charge in [-0.1, -0.05) is 35.3 Å². The lowest BCUT2D eigenvalue weighted by Crippen LogP contribution is -2.28. The topological polar surface area (TPSA) is 80.7 Å². The number of methoxy groups -OCH3 is 1. The molecule has 8 heteroatoms. The Hall–Kier alpha value is -1.60. The Morgan fingerprint density at radius 2 is 1.81 bits per heavy atom. The summed E-state index contributed by atoms with van der Waals surface area (Å²) in [5.41, 5.74) is -1.02. The molecule has 0 unspecified atom stereocenters. The summed E-state index contributed by atoms with van der Waals surface area (Å²) < 4.78 is 31.4. The average molecular weight is 415 g/mol. The zero-order valence-electron chi connectivity index (χ0n) is 13.7. The maximum atomic E-state index is 13.2. The number of rotatable bonds is 6. The van der Waals surface area contributed by atoms with Crippen LogP contribution in [-0.2, 0) is 19.4 Å². The second kappa shape index (κ2) is 6.85. The molecule has 1 aliphatic rings. The van der Waals surface area contributed by atoms with Gasteiger partial charge in [0.2, 0.25) is 0 Å². The van der Waals surface area contributed by atoms with E-state index in [1.807, 2.05) is 0 Å². The molecule has 3 rings (SSSR count). The number of ether oxygens (including phenoxy) is 1. The van der Waals surface area contributed by atoms with Gasteiger partial charge in [0.1, 0.15) is 5.41 Å². The van der Waals surface area contributed by atoms with E-state index in [0.717, 1.165) is 0 Å². The lowest BCUT2D eigenvalue weighted by atomic mass is 10.00. The SMILES string of the molecule is COC[C@]1(C(=O)O)[C@H](c2cccc(Cl)c2)[C@@H]1S(=O)(=O)c1ccc(Cl)cc1. The van der Waals surface area contributed by atoms with Crippen LogP contribution in [0.25, 0.3) is 0 Å². The first kappa shape index (κ1) is 19.2. The van der Waals surface area contributed by atoms with Gasteiger partial charge in [0.25, 0.3) is 0 Å². The number of carboxylic acid groups (broad SMARTS) is 1. The fourth-order valence-electron chi connectivity index (χ4n) is 3.53. The predicted molar refractivity (Wildman–Crippen MR) is 98.6 cm³/mol. The molecule has 0 bridgehead atoms. The summed E-state index contributed by atoms with van der Waals surface area (Å²) in [4.78, 5) is 12.1. The monoisotopic (exact) mass is 414 g/mol.